The molecule has 0 aliphatic carbocycles. The van der Waals surface area contributed by atoms with Crippen molar-refractivity contribution in [2.75, 3.05) is 0 Å². The Morgan fingerprint density at radius 2 is 1.33 bits per heavy atom. The van der Waals surface area contributed by atoms with Gasteiger partial charge in [-0.15, -0.1) is 0 Å². The van der Waals surface area contributed by atoms with Crippen LogP contribution in [0.3, 0.4) is 0 Å². The van der Waals surface area contributed by atoms with E-state index in [0.717, 1.165) is 0 Å². The largest absolute Gasteiger partial charge is 0.0587 e. The average molecular weight is 160 g/mol. The maximum absolute atomic E-state index is 3.21. The minimum absolute atomic E-state index is 0.567. The lowest BCUT2D eigenvalue weighted by Crippen LogP contribution is -1.92. The molecule has 0 saturated carbocycles. The molecule has 0 N–H and O–H groups in total. The summed E-state index contributed by atoms with van der Waals surface area (Å²) in [6, 6.07) is 10.5. The molecule has 0 atom stereocenters. The number of hydrogen-bond acceptors (Lipinski definition) is 0. The van der Waals surface area contributed by atoms with E-state index in [4.69, 9.17) is 0 Å². The van der Waals surface area contributed by atoms with Crippen LogP contribution in [0.5, 0.6) is 0 Å². The quantitative estimate of drug-likeness (QED) is 0.620. The monoisotopic (exact) mass is 160 g/mol. The molecule has 1 aromatic carbocycles. The molecular formula is C12H16. The molecule has 64 valence electrons. The van der Waals surface area contributed by atoms with Crippen LogP contribution in [0.15, 0.2) is 12.1 Å². The minimum atomic E-state index is 0.567. The van der Waals surface area contributed by atoms with E-state index < -0.39 is 0 Å². The summed E-state index contributed by atoms with van der Waals surface area (Å²) < 4.78 is 0. The predicted molar refractivity (Wildman–Crippen MR) is 52.3 cm³/mol. The standard InChI is InChI=1S/C12H16/c1-9(2)11-6-5-7-12(8-11)10(3)4/h5,8-10H,1-4H3. The summed E-state index contributed by atoms with van der Waals surface area (Å²) in [5, 5.41) is 0. The van der Waals surface area contributed by atoms with Crippen LogP contribution < -0.4 is 0 Å². The Bertz CT molecular complexity index is 223. The molecule has 0 saturated heterocycles. The summed E-state index contributed by atoms with van der Waals surface area (Å²) >= 11 is 0. The molecule has 0 heterocycles. The molecule has 0 unspecified atom stereocenters. The summed E-state index contributed by atoms with van der Waals surface area (Å²) in [5.74, 6) is 1.13. The van der Waals surface area contributed by atoms with Crippen molar-refractivity contribution in [2.24, 2.45) is 0 Å². The van der Waals surface area contributed by atoms with Crippen LogP contribution in [0.4, 0.5) is 0 Å². The van der Waals surface area contributed by atoms with Crippen molar-refractivity contribution < 1.29 is 0 Å². The summed E-state index contributed by atoms with van der Waals surface area (Å²) in [6.45, 7) is 8.76. The molecule has 0 fully saturated rings. The molecule has 1 aromatic rings. The van der Waals surface area contributed by atoms with Gasteiger partial charge in [0.1, 0.15) is 0 Å². The molecule has 12 heavy (non-hydrogen) atoms. The van der Waals surface area contributed by atoms with E-state index in [0.29, 0.717) is 11.8 Å². The van der Waals surface area contributed by atoms with Crippen LogP contribution in [0, 0.1) is 12.1 Å². The van der Waals surface area contributed by atoms with Gasteiger partial charge in [-0.1, -0.05) is 33.8 Å². The third kappa shape index (κ3) is 2.10. The second-order valence-corrected chi connectivity index (χ2v) is 3.80. The Balaban J connectivity index is 2.96. The van der Waals surface area contributed by atoms with Crippen LogP contribution >= 0.6 is 0 Å². The average Bonchev–Trinajstić information content (AvgIpc) is 2.04. The molecule has 0 bridgehead atoms. The van der Waals surface area contributed by atoms with Crippen LogP contribution in [0.25, 0.3) is 0 Å². The van der Waals surface area contributed by atoms with E-state index in [2.05, 4.69) is 45.9 Å². The van der Waals surface area contributed by atoms with E-state index in [-0.39, 0.29) is 0 Å². The van der Waals surface area contributed by atoms with Gasteiger partial charge in [0.05, 0.1) is 0 Å². The topological polar surface area (TPSA) is 0 Å². The van der Waals surface area contributed by atoms with E-state index in [1.807, 2.05) is 6.07 Å². The highest BCUT2D eigenvalue weighted by atomic mass is 14.1. The predicted octanol–water partition coefficient (Wildman–Crippen LogP) is 3.53. The summed E-state index contributed by atoms with van der Waals surface area (Å²) in [5.41, 5.74) is 2.58. The Morgan fingerprint density at radius 3 is 1.67 bits per heavy atom. The first-order valence-corrected chi connectivity index (χ1v) is 4.54. The van der Waals surface area contributed by atoms with Gasteiger partial charge in [0.2, 0.25) is 0 Å². The zero-order valence-electron chi connectivity index (χ0n) is 8.31. The molecule has 2 radical (unpaired) electrons. The summed E-state index contributed by atoms with van der Waals surface area (Å²) in [4.78, 5) is 0. The van der Waals surface area contributed by atoms with E-state index in [1.165, 1.54) is 11.1 Å². The normalized spacial score (nSPS) is 11.2. The smallest absolute Gasteiger partial charge is 0.0140 e. The molecule has 1 rings (SSSR count). The van der Waals surface area contributed by atoms with Crippen LogP contribution in [0.2, 0.25) is 0 Å². The van der Waals surface area contributed by atoms with Gasteiger partial charge in [0, 0.05) is 0 Å². The highest BCUT2D eigenvalue weighted by Gasteiger charge is 2.03. The first-order valence-electron chi connectivity index (χ1n) is 4.54. The Morgan fingerprint density at radius 1 is 0.917 bits per heavy atom. The van der Waals surface area contributed by atoms with Crippen molar-refractivity contribution in [3.8, 4) is 0 Å². The fraction of sp³-hybridized carbons (Fsp3) is 0.500. The van der Waals surface area contributed by atoms with Crippen molar-refractivity contribution in [1.29, 1.82) is 0 Å². The Kier molecular flexibility index (Phi) is 2.91. The lowest BCUT2D eigenvalue weighted by molar-refractivity contribution is 0.831. The van der Waals surface area contributed by atoms with E-state index in [9.17, 15) is 0 Å². The fourth-order valence-electron chi connectivity index (χ4n) is 1.12. The summed E-state index contributed by atoms with van der Waals surface area (Å²) in [7, 11) is 0. The molecule has 0 aromatic heterocycles. The highest BCUT2D eigenvalue weighted by molar-refractivity contribution is 5.25. The van der Waals surface area contributed by atoms with Crippen LogP contribution in [0.1, 0.15) is 50.7 Å². The zero-order valence-corrected chi connectivity index (χ0v) is 8.31. The van der Waals surface area contributed by atoms with Crippen molar-refractivity contribution in [2.45, 2.75) is 39.5 Å². The SMILES string of the molecule is CC(C)c1[c]c[c]c(C(C)C)c1. The number of hydrogen-bond donors (Lipinski definition) is 0. The van der Waals surface area contributed by atoms with Gasteiger partial charge in [0.25, 0.3) is 0 Å². The first-order chi connectivity index (χ1) is 5.61. The van der Waals surface area contributed by atoms with Gasteiger partial charge < -0.3 is 0 Å². The molecular weight excluding hydrogens is 144 g/mol. The lowest BCUT2D eigenvalue weighted by atomic mass is 9.96. The van der Waals surface area contributed by atoms with Crippen molar-refractivity contribution in [1.82, 2.24) is 0 Å². The summed E-state index contributed by atoms with van der Waals surface area (Å²) in [6.07, 6.45) is 0. The molecule has 0 spiro atoms. The van der Waals surface area contributed by atoms with Gasteiger partial charge in [0.15, 0.2) is 0 Å². The first kappa shape index (κ1) is 9.31. The van der Waals surface area contributed by atoms with E-state index >= 15 is 0 Å². The van der Waals surface area contributed by atoms with E-state index in [1.54, 1.807) is 0 Å². The maximum atomic E-state index is 3.21. The number of benzene rings is 1. The van der Waals surface area contributed by atoms with Crippen molar-refractivity contribution in [3.05, 3.63) is 35.4 Å². The van der Waals surface area contributed by atoms with Crippen LogP contribution in [-0.4, -0.2) is 0 Å². The van der Waals surface area contributed by atoms with Crippen molar-refractivity contribution >= 4 is 0 Å². The van der Waals surface area contributed by atoms with Crippen molar-refractivity contribution in [3.63, 3.8) is 0 Å². The zero-order chi connectivity index (χ0) is 9.14. The third-order valence-electron chi connectivity index (χ3n) is 2.03. The molecule has 0 nitrogen and oxygen atoms in total. The van der Waals surface area contributed by atoms with Gasteiger partial charge in [-0.3, -0.25) is 0 Å². The fourth-order valence-corrected chi connectivity index (χ4v) is 1.12. The molecule has 0 aliphatic rings. The van der Waals surface area contributed by atoms with Gasteiger partial charge >= 0.3 is 0 Å². The van der Waals surface area contributed by atoms with Gasteiger partial charge in [-0.25, -0.2) is 0 Å². The Hall–Kier alpha value is -0.780. The number of rotatable bonds is 2. The minimum Gasteiger partial charge on any atom is -0.0587 e. The molecule has 0 amide bonds. The maximum Gasteiger partial charge on any atom is -0.0140 e. The highest BCUT2D eigenvalue weighted by Crippen LogP contribution is 2.19. The Labute approximate surface area is 75.6 Å². The van der Waals surface area contributed by atoms with Gasteiger partial charge in [-0.2, -0.15) is 0 Å². The second kappa shape index (κ2) is 3.75. The van der Waals surface area contributed by atoms with Crippen LogP contribution in [-0.2, 0) is 0 Å². The van der Waals surface area contributed by atoms with Gasteiger partial charge in [-0.05, 0) is 41.2 Å². The molecule has 0 heteroatoms. The lowest BCUT2D eigenvalue weighted by Gasteiger charge is -2.09. The third-order valence-corrected chi connectivity index (χ3v) is 2.03. The second-order valence-electron chi connectivity index (χ2n) is 3.80. The molecule has 0 aliphatic heterocycles.